The van der Waals surface area contributed by atoms with Crippen molar-refractivity contribution in [1.29, 1.82) is 0 Å². The van der Waals surface area contributed by atoms with Gasteiger partial charge < -0.3 is 9.73 Å². The average Bonchev–Trinajstić information content (AvgIpc) is 2.61. The fraction of sp³-hybridized carbons (Fsp3) is 0.769. The molecule has 0 radical (unpaired) electrons. The molecule has 1 aromatic heterocycles. The van der Waals surface area contributed by atoms with Crippen LogP contribution in [0, 0.1) is 11.3 Å². The summed E-state index contributed by atoms with van der Waals surface area (Å²) >= 11 is 0. The molecule has 1 heterocycles. The van der Waals surface area contributed by atoms with Gasteiger partial charge in [-0.25, -0.2) is 4.98 Å². The molecule has 0 saturated carbocycles. The number of hydrogen-bond acceptors (Lipinski definition) is 3. The molecule has 0 amide bonds. The van der Waals surface area contributed by atoms with Crippen LogP contribution < -0.4 is 5.32 Å². The smallest absolute Gasteiger partial charge is 0.208 e. The molecule has 0 aromatic carbocycles. The van der Waals surface area contributed by atoms with Crippen molar-refractivity contribution >= 4 is 0 Å². The first kappa shape index (κ1) is 13.2. The molecule has 16 heavy (non-hydrogen) atoms. The van der Waals surface area contributed by atoms with E-state index in [2.05, 4.69) is 44.9 Å². The second-order valence-corrected chi connectivity index (χ2v) is 5.47. The van der Waals surface area contributed by atoms with E-state index in [0.29, 0.717) is 11.3 Å². The molecule has 0 bridgehead atoms. The lowest BCUT2D eigenvalue weighted by atomic mass is 9.80. The van der Waals surface area contributed by atoms with Gasteiger partial charge in [-0.1, -0.05) is 34.6 Å². The Hall–Kier alpha value is -0.830. The molecule has 1 unspecified atom stereocenters. The van der Waals surface area contributed by atoms with E-state index in [0.717, 1.165) is 31.2 Å². The van der Waals surface area contributed by atoms with Gasteiger partial charge in [0, 0.05) is 6.42 Å². The van der Waals surface area contributed by atoms with Crippen LogP contribution in [0.5, 0.6) is 0 Å². The first-order chi connectivity index (χ1) is 7.43. The fourth-order valence-electron chi connectivity index (χ4n) is 1.36. The van der Waals surface area contributed by atoms with E-state index in [1.54, 1.807) is 0 Å². The zero-order valence-corrected chi connectivity index (χ0v) is 11.1. The highest BCUT2D eigenvalue weighted by Gasteiger charge is 2.21. The van der Waals surface area contributed by atoms with Gasteiger partial charge in [-0.15, -0.1) is 0 Å². The topological polar surface area (TPSA) is 38.1 Å². The van der Waals surface area contributed by atoms with E-state index in [1.807, 2.05) is 6.20 Å². The van der Waals surface area contributed by atoms with E-state index in [4.69, 9.17) is 4.42 Å². The van der Waals surface area contributed by atoms with Crippen molar-refractivity contribution in [2.45, 2.75) is 47.6 Å². The van der Waals surface area contributed by atoms with Crippen molar-refractivity contribution in [3.8, 4) is 0 Å². The molecule has 0 aliphatic heterocycles. The van der Waals surface area contributed by atoms with Crippen LogP contribution in [0.1, 0.15) is 46.3 Å². The van der Waals surface area contributed by atoms with Crippen LogP contribution in [-0.4, -0.2) is 11.5 Å². The molecule has 92 valence electrons. The maximum atomic E-state index is 5.68. The minimum atomic E-state index is 0.314. The quantitative estimate of drug-likeness (QED) is 0.835. The van der Waals surface area contributed by atoms with Gasteiger partial charge >= 0.3 is 0 Å². The van der Waals surface area contributed by atoms with E-state index in [1.165, 1.54) is 0 Å². The number of nitrogens with one attached hydrogen (secondary N) is 1. The predicted octanol–water partition coefficient (Wildman–Crippen LogP) is 3.01. The van der Waals surface area contributed by atoms with Crippen molar-refractivity contribution in [3.63, 3.8) is 0 Å². The Morgan fingerprint density at radius 2 is 2.12 bits per heavy atom. The predicted molar refractivity (Wildman–Crippen MR) is 66.2 cm³/mol. The highest BCUT2D eigenvalue weighted by atomic mass is 16.4. The summed E-state index contributed by atoms with van der Waals surface area (Å²) in [6.07, 6.45) is 2.82. The molecule has 3 heteroatoms. The monoisotopic (exact) mass is 224 g/mol. The van der Waals surface area contributed by atoms with Crippen LogP contribution >= 0.6 is 0 Å². The minimum Gasteiger partial charge on any atom is -0.444 e. The Bertz CT molecular complexity index is 312. The van der Waals surface area contributed by atoms with E-state index >= 15 is 0 Å². The Balaban J connectivity index is 2.52. The van der Waals surface area contributed by atoms with Gasteiger partial charge in [0.25, 0.3) is 0 Å². The Labute approximate surface area is 98.6 Å². The second-order valence-electron chi connectivity index (χ2n) is 5.47. The summed E-state index contributed by atoms with van der Waals surface area (Å²) in [6.45, 7) is 12.8. The summed E-state index contributed by atoms with van der Waals surface area (Å²) in [5.41, 5.74) is 0.314. The first-order valence-corrected chi connectivity index (χ1v) is 6.07. The molecule has 0 aliphatic rings. The summed E-state index contributed by atoms with van der Waals surface area (Å²) in [4.78, 5) is 4.26. The summed E-state index contributed by atoms with van der Waals surface area (Å²) in [7, 11) is 0. The molecule has 1 aromatic rings. The van der Waals surface area contributed by atoms with E-state index in [9.17, 15) is 0 Å². The fourth-order valence-corrected chi connectivity index (χ4v) is 1.36. The van der Waals surface area contributed by atoms with E-state index in [-0.39, 0.29) is 0 Å². The molecule has 1 N–H and O–H groups in total. The van der Waals surface area contributed by atoms with Crippen molar-refractivity contribution in [2.75, 3.05) is 6.54 Å². The van der Waals surface area contributed by atoms with Crippen LogP contribution in [0.15, 0.2) is 10.6 Å². The van der Waals surface area contributed by atoms with Crippen molar-refractivity contribution < 1.29 is 4.42 Å². The first-order valence-electron chi connectivity index (χ1n) is 6.07. The van der Waals surface area contributed by atoms with Gasteiger partial charge in [0.2, 0.25) is 5.89 Å². The third-order valence-electron chi connectivity index (χ3n) is 3.11. The number of rotatable bonds is 5. The molecule has 3 nitrogen and oxygen atoms in total. The number of aromatic nitrogens is 1. The number of oxazole rings is 1. The summed E-state index contributed by atoms with van der Waals surface area (Å²) in [5.74, 6) is 2.38. The largest absolute Gasteiger partial charge is 0.444 e. The van der Waals surface area contributed by atoms with E-state index < -0.39 is 0 Å². The Kier molecular flexibility index (Phi) is 4.54. The van der Waals surface area contributed by atoms with Crippen molar-refractivity contribution in [3.05, 3.63) is 17.8 Å². The summed E-state index contributed by atoms with van der Waals surface area (Å²) < 4.78 is 5.68. The summed E-state index contributed by atoms with van der Waals surface area (Å²) in [5, 5.41) is 3.21. The number of nitrogens with zero attached hydrogens (tertiary/aromatic N) is 1. The molecule has 1 atom stereocenters. The zero-order chi connectivity index (χ0) is 12.2. The van der Waals surface area contributed by atoms with Crippen LogP contribution in [-0.2, 0) is 13.0 Å². The Morgan fingerprint density at radius 1 is 1.44 bits per heavy atom. The highest BCUT2D eigenvalue weighted by molar-refractivity contribution is 4.96. The lowest BCUT2D eigenvalue weighted by Crippen LogP contribution is -2.19. The van der Waals surface area contributed by atoms with Crippen LogP contribution in [0.2, 0.25) is 0 Å². The maximum Gasteiger partial charge on any atom is 0.208 e. The lowest BCUT2D eigenvalue weighted by Gasteiger charge is -2.26. The van der Waals surface area contributed by atoms with Gasteiger partial charge in [-0.05, 0) is 17.9 Å². The summed E-state index contributed by atoms with van der Waals surface area (Å²) in [6, 6.07) is 0. The second kappa shape index (κ2) is 5.48. The average molecular weight is 224 g/mol. The Morgan fingerprint density at radius 3 is 2.69 bits per heavy atom. The van der Waals surface area contributed by atoms with Gasteiger partial charge in [0.05, 0.1) is 12.7 Å². The van der Waals surface area contributed by atoms with Crippen LogP contribution in [0.3, 0.4) is 0 Å². The SMILES string of the molecule is CCNCc1ncc(CC(C)C(C)(C)C)o1. The third kappa shape index (κ3) is 3.97. The van der Waals surface area contributed by atoms with Crippen molar-refractivity contribution in [2.24, 2.45) is 11.3 Å². The van der Waals surface area contributed by atoms with Crippen LogP contribution in [0.4, 0.5) is 0 Å². The molecular weight excluding hydrogens is 200 g/mol. The van der Waals surface area contributed by atoms with Gasteiger partial charge in [0.15, 0.2) is 0 Å². The number of hydrogen-bond donors (Lipinski definition) is 1. The minimum absolute atomic E-state index is 0.314. The molecule has 0 aliphatic carbocycles. The molecule has 0 spiro atoms. The lowest BCUT2D eigenvalue weighted by molar-refractivity contribution is 0.246. The third-order valence-corrected chi connectivity index (χ3v) is 3.11. The standard InChI is InChI=1S/C13H24N2O/c1-6-14-9-12-15-8-11(16-12)7-10(2)13(3,4)5/h8,10,14H,6-7,9H2,1-5H3. The van der Waals surface area contributed by atoms with Crippen molar-refractivity contribution in [1.82, 2.24) is 10.3 Å². The normalized spacial score (nSPS) is 14.1. The molecule has 0 fully saturated rings. The van der Waals surface area contributed by atoms with Gasteiger partial charge in [0.1, 0.15) is 5.76 Å². The highest BCUT2D eigenvalue weighted by Crippen LogP contribution is 2.28. The van der Waals surface area contributed by atoms with Crippen LogP contribution in [0.25, 0.3) is 0 Å². The zero-order valence-electron chi connectivity index (χ0n) is 11.1. The molecule has 0 saturated heterocycles. The molecular formula is C13H24N2O. The van der Waals surface area contributed by atoms with Gasteiger partial charge in [-0.2, -0.15) is 0 Å². The molecule has 1 rings (SSSR count). The maximum absolute atomic E-state index is 5.68. The van der Waals surface area contributed by atoms with Gasteiger partial charge in [-0.3, -0.25) is 0 Å².